The Labute approximate surface area is 149 Å². The molecule has 6 heteroatoms. The third-order valence-corrected chi connectivity index (χ3v) is 4.07. The monoisotopic (exact) mass is 396 g/mol. The van der Waals surface area contributed by atoms with Gasteiger partial charge in [-0.3, -0.25) is 4.79 Å². The van der Waals surface area contributed by atoms with Crippen molar-refractivity contribution < 1.29 is 9.53 Å². The molecule has 0 aliphatic heterocycles. The van der Waals surface area contributed by atoms with E-state index >= 15 is 0 Å². The van der Waals surface area contributed by atoms with E-state index in [0.29, 0.717) is 11.6 Å². The zero-order valence-electron chi connectivity index (χ0n) is 12.7. The molecule has 122 valence electrons. The first-order valence-corrected chi connectivity index (χ1v) is 8.34. The Bertz CT molecular complexity index is 662. The summed E-state index contributed by atoms with van der Waals surface area (Å²) in [5.74, 6) is 0.755. The number of hydrogen-bond acceptors (Lipinski definition) is 3. The molecule has 2 N–H and O–H groups in total. The second kappa shape index (κ2) is 8.79. The average molecular weight is 398 g/mol. The zero-order chi connectivity index (χ0) is 16.7. The molecule has 0 unspecified atom stereocenters. The summed E-state index contributed by atoms with van der Waals surface area (Å²) in [6, 6.07) is 13.3. The van der Waals surface area contributed by atoms with E-state index in [1.165, 1.54) is 0 Å². The number of halogens is 2. The standard InChI is InChI=1S/C17H18BrClN2O2/c1-23-14-5-2-12(3-6-14)8-9-20-17(22)11-21-16-7-4-13(18)10-15(16)19/h2-7,10,21H,8-9,11H2,1H3,(H,20,22). The van der Waals surface area contributed by atoms with E-state index in [1.807, 2.05) is 36.4 Å². The number of methoxy groups -OCH3 is 1. The van der Waals surface area contributed by atoms with Gasteiger partial charge in [0.25, 0.3) is 0 Å². The first kappa shape index (κ1) is 17.6. The highest BCUT2D eigenvalue weighted by Gasteiger charge is 2.04. The highest BCUT2D eigenvalue weighted by atomic mass is 79.9. The van der Waals surface area contributed by atoms with E-state index in [-0.39, 0.29) is 12.5 Å². The van der Waals surface area contributed by atoms with E-state index < -0.39 is 0 Å². The molecule has 0 spiro atoms. The molecule has 0 aliphatic carbocycles. The van der Waals surface area contributed by atoms with Crippen molar-refractivity contribution in [2.24, 2.45) is 0 Å². The van der Waals surface area contributed by atoms with Crippen molar-refractivity contribution in [1.29, 1.82) is 0 Å². The van der Waals surface area contributed by atoms with Gasteiger partial charge in [0.05, 0.1) is 24.4 Å². The summed E-state index contributed by atoms with van der Waals surface area (Å²) >= 11 is 9.43. The van der Waals surface area contributed by atoms with Crippen LogP contribution in [0.2, 0.25) is 5.02 Å². The molecule has 0 heterocycles. The minimum absolute atomic E-state index is 0.0718. The van der Waals surface area contributed by atoms with Crippen molar-refractivity contribution >= 4 is 39.1 Å². The van der Waals surface area contributed by atoms with Crippen LogP contribution in [0, 0.1) is 0 Å². The maximum Gasteiger partial charge on any atom is 0.239 e. The molecule has 0 bridgehead atoms. The Morgan fingerprint density at radius 2 is 1.96 bits per heavy atom. The van der Waals surface area contributed by atoms with Gasteiger partial charge in [0, 0.05) is 11.0 Å². The molecule has 1 amide bonds. The Kier molecular flexibility index (Phi) is 6.74. The minimum Gasteiger partial charge on any atom is -0.497 e. The quantitative estimate of drug-likeness (QED) is 0.745. The molecule has 0 atom stereocenters. The molecule has 0 saturated carbocycles. The second-order valence-electron chi connectivity index (χ2n) is 4.93. The molecular formula is C17H18BrClN2O2. The lowest BCUT2D eigenvalue weighted by Crippen LogP contribution is -2.31. The fourth-order valence-electron chi connectivity index (χ4n) is 2.01. The smallest absolute Gasteiger partial charge is 0.239 e. The summed E-state index contributed by atoms with van der Waals surface area (Å²) in [6.07, 6.45) is 0.773. The minimum atomic E-state index is -0.0718. The largest absolute Gasteiger partial charge is 0.497 e. The van der Waals surface area contributed by atoms with Crippen molar-refractivity contribution in [2.45, 2.75) is 6.42 Å². The van der Waals surface area contributed by atoms with E-state index in [0.717, 1.165) is 27.9 Å². The van der Waals surface area contributed by atoms with Crippen LogP contribution in [-0.2, 0) is 11.2 Å². The number of ether oxygens (including phenoxy) is 1. The topological polar surface area (TPSA) is 50.4 Å². The van der Waals surface area contributed by atoms with E-state index in [4.69, 9.17) is 16.3 Å². The first-order valence-electron chi connectivity index (χ1n) is 7.17. The van der Waals surface area contributed by atoms with Gasteiger partial charge in [-0.15, -0.1) is 0 Å². The van der Waals surface area contributed by atoms with Crippen LogP contribution in [0.25, 0.3) is 0 Å². The summed E-state index contributed by atoms with van der Waals surface area (Å²) in [6.45, 7) is 0.769. The van der Waals surface area contributed by atoms with Crippen LogP contribution in [0.15, 0.2) is 46.9 Å². The third kappa shape index (κ3) is 5.77. The predicted octanol–water partition coefficient (Wildman–Crippen LogP) is 3.88. The second-order valence-corrected chi connectivity index (χ2v) is 6.25. The molecule has 0 aliphatic rings. The SMILES string of the molecule is COc1ccc(CCNC(=O)CNc2ccc(Br)cc2Cl)cc1. The van der Waals surface area contributed by atoms with Gasteiger partial charge >= 0.3 is 0 Å². The van der Waals surface area contributed by atoms with Crippen LogP contribution in [-0.4, -0.2) is 26.1 Å². The Hall–Kier alpha value is -1.72. The van der Waals surface area contributed by atoms with E-state index in [9.17, 15) is 4.79 Å². The molecule has 0 fully saturated rings. The van der Waals surface area contributed by atoms with Gasteiger partial charge in [0.2, 0.25) is 5.91 Å². The molecule has 2 aromatic rings. The van der Waals surface area contributed by atoms with Crippen LogP contribution >= 0.6 is 27.5 Å². The van der Waals surface area contributed by atoms with Crippen molar-refractivity contribution in [3.63, 3.8) is 0 Å². The fraction of sp³-hybridized carbons (Fsp3) is 0.235. The lowest BCUT2D eigenvalue weighted by molar-refractivity contribution is -0.119. The number of hydrogen-bond donors (Lipinski definition) is 2. The van der Waals surface area contributed by atoms with Crippen LogP contribution in [0.3, 0.4) is 0 Å². The van der Waals surface area contributed by atoms with Gasteiger partial charge in [-0.25, -0.2) is 0 Å². The number of anilines is 1. The number of benzene rings is 2. The Balaban J connectivity index is 1.72. The van der Waals surface area contributed by atoms with Gasteiger partial charge in [-0.1, -0.05) is 39.7 Å². The maximum atomic E-state index is 11.8. The van der Waals surface area contributed by atoms with Crippen molar-refractivity contribution in [2.75, 3.05) is 25.5 Å². The predicted molar refractivity (Wildman–Crippen MR) is 97.3 cm³/mol. The lowest BCUT2D eigenvalue weighted by atomic mass is 10.1. The summed E-state index contributed by atoms with van der Waals surface area (Å²) < 4.78 is 6.01. The zero-order valence-corrected chi connectivity index (χ0v) is 15.1. The molecule has 2 rings (SSSR count). The van der Waals surface area contributed by atoms with Crippen molar-refractivity contribution in [1.82, 2.24) is 5.32 Å². The Morgan fingerprint density at radius 3 is 2.61 bits per heavy atom. The number of amides is 1. The Morgan fingerprint density at radius 1 is 1.22 bits per heavy atom. The van der Waals surface area contributed by atoms with Crippen molar-refractivity contribution in [3.8, 4) is 5.75 Å². The molecule has 0 radical (unpaired) electrons. The average Bonchev–Trinajstić information content (AvgIpc) is 2.54. The maximum absolute atomic E-state index is 11.8. The number of rotatable bonds is 7. The highest BCUT2D eigenvalue weighted by molar-refractivity contribution is 9.10. The van der Waals surface area contributed by atoms with E-state index in [1.54, 1.807) is 13.2 Å². The van der Waals surface area contributed by atoms with Crippen LogP contribution in [0.1, 0.15) is 5.56 Å². The molecule has 0 saturated heterocycles. The highest BCUT2D eigenvalue weighted by Crippen LogP contribution is 2.25. The van der Waals surface area contributed by atoms with Gasteiger partial charge in [0.1, 0.15) is 5.75 Å². The first-order chi connectivity index (χ1) is 11.1. The van der Waals surface area contributed by atoms with Crippen molar-refractivity contribution in [3.05, 3.63) is 57.5 Å². The molecule has 23 heavy (non-hydrogen) atoms. The van der Waals surface area contributed by atoms with Crippen LogP contribution < -0.4 is 15.4 Å². The van der Waals surface area contributed by atoms with Gasteiger partial charge < -0.3 is 15.4 Å². The number of carbonyl (C=O) groups excluding carboxylic acids is 1. The third-order valence-electron chi connectivity index (χ3n) is 3.27. The van der Waals surface area contributed by atoms with Gasteiger partial charge in [-0.05, 0) is 42.3 Å². The van der Waals surface area contributed by atoms with Gasteiger partial charge in [-0.2, -0.15) is 0 Å². The lowest BCUT2D eigenvalue weighted by Gasteiger charge is -2.09. The molecule has 4 nitrogen and oxygen atoms in total. The molecule has 2 aromatic carbocycles. The normalized spacial score (nSPS) is 10.2. The fourth-order valence-corrected chi connectivity index (χ4v) is 2.75. The van der Waals surface area contributed by atoms with Crippen LogP contribution in [0.4, 0.5) is 5.69 Å². The van der Waals surface area contributed by atoms with E-state index in [2.05, 4.69) is 26.6 Å². The molecular weight excluding hydrogens is 380 g/mol. The number of carbonyl (C=O) groups is 1. The van der Waals surface area contributed by atoms with Crippen LogP contribution in [0.5, 0.6) is 5.75 Å². The summed E-state index contributed by atoms with van der Waals surface area (Å²) in [4.78, 5) is 11.8. The summed E-state index contributed by atoms with van der Waals surface area (Å²) in [5.41, 5.74) is 1.88. The summed E-state index contributed by atoms with van der Waals surface area (Å²) in [7, 11) is 1.64. The summed E-state index contributed by atoms with van der Waals surface area (Å²) in [5, 5.41) is 6.47. The molecule has 0 aromatic heterocycles. The number of nitrogens with one attached hydrogen (secondary N) is 2. The van der Waals surface area contributed by atoms with Gasteiger partial charge in [0.15, 0.2) is 0 Å².